The summed E-state index contributed by atoms with van der Waals surface area (Å²) >= 11 is 6.24. The van der Waals surface area contributed by atoms with Gasteiger partial charge in [0.15, 0.2) is 6.61 Å². The van der Waals surface area contributed by atoms with E-state index >= 15 is 0 Å². The van der Waals surface area contributed by atoms with E-state index < -0.39 is 24.4 Å². The van der Waals surface area contributed by atoms with Gasteiger partial charge in [-0.05, 0) is 18.9 Å². The zero-order chi connectivity index (χ0) is 18.3. The van der Waals surface area contributed by atoms with Crippen LogP contribution in [0.15, 0.2) is 6.08 Å². The van der Waals surface area contributed by atoms with E-state index in [1.54, 1.807) is 11.6 Å². The number of carbonyl (C=O) groups is 3. The minimum atomic E-state index is -0.712. The van der Waals surface area contributed by atoms with Crippen molar-refractivity contribution in [2.45, 2.75) is 27.3 Å². The summed E-state index contributed by atoms with van der Waals surface area (Å²) in [6, 6.07) is 0. The molecule has 132 valence electrons. The second-order valence-corrected chi connectivity index (χ2v) is 5.91. The Labute approximate surface area is 145 Å². The summed E-state index contributed by atoms with van der Waals surface area (Å²) in [7, 11) is 0. The number of nitrogens with one attached hydrogen (secondary N) is 1. The molecule has 1 heterocycles. The third-order valence-corrected chi connectivity index (χ3v) is 3.24. The second-order valence-electron chi connectivity index (χ2n) is 5.55. The molecule has 24 heavy (non-hydrogen) atoms. The van der Waals surface area contributed by atoms with Crippen molar-refractivity contribution >= 4 is 35.5 Å². The fraction of sp³-hybridized carbons (Fsp3) is 0.467. The van der Waals surface area contributed by atoms with Crippen LogP contribution < -0.4 is 11.1 Å². The highest BCUT2D eigenvalue weighted by molar-refractivity contribution is 6.31. The van der Waals surface area contributed by atoms with Crippen molar-refractivity contribution in [3.63, 3.8) is 0 Å². The van der Waals surface area contributed by atoms with Crippen LogP contribution >= 0.6 is 11.6 Å². The largest absolute Gasteiger partial charge is 0.452 e. The first-order chi connectivity index (χ1) is 11.2. The second kappa shape index (κ2) is 9.07. The fourth-order valence-corrected chi connectivity index (χ4v) is 2.10. The Morgan fingerprint density at radius 2 is 2.08 bits per heavy atom. The van der Waals surface area contributed by atoms with Crippen LogP contribution in [0.2, 0.25) is 5.15 Å². The third-order valence-electron chi connectivity index (χ3n) is 2.84. The molecule has 0 unspecified atom stereocenters. The standard InChI is InChI=1S/C15H21ClN4O4/c1-9(2)7-20-15(16)11(10(3)19-20)4-5-14(23)24-8-13(22)18-6-12(17)21/h4-5,9H,6-8H2,1-3H3,(H2,17,21)(H,18,22)/b5-4+. The minimum absolute atomic E-state index is 0.309. The van der Waals surface area contributed by atoms with Gasteiger partial charge in [-0.15, -0.1) is 0 Å². The first-order valence-corrected chi connectivity index (χ1v) is 7.71. The molecule has 0 saturated carbocycles. The van der Waals surface area contributed by atoms with Gasteiger partial charge in [0.1, 0.15) is 5.15 Å². The van der Waals surface area contributed by atoms with Gasteiger partial charge in [0, 0.05) is 18.2 Å². The third kappa shape index (κ3) is 6.41. The number of carbonyl (C=O) groups excluding carboxylic acids is 3. The van der Waals surface area contributed by atoms with Crippen molar-refractivity contribution < 1.29 is 19.1 Å². The zero-order valence-electron chi connectivity index (χ0n) is 13.8. The summed E-state index contributed by atoms with van der Waals surface area (Å²) < 4.78 is 6.42. The molecule has 0 aliphatic heterocycles. The van der Waals surface area contributed by atoms with Crippen molar-refractivity contribution in [1.29, 1.82) is 0 Å². The molecule has 3 N–H and O–H groups in total. The van der Waals surface area contributed by atoms with Crippen LogP contribution in [-0.4, -0.2) is 40.7 Å². The molecule has 1 aromatic heterocycles. The zero-order valence-corrected chi connectivity index (χ0v) is 14.6. The van der Waals surface area contributed by atoms with Gasteiger partial charge in [0.2, 0.25) is 5.91 Å². The summed E-state index contributed by atoms with van der Waals surface area (Å²) in [6.07, 6.45) is 2.65. The van der Waals surface area contributed by atoms with Crippen molar-refractivity contribution in [3.8, 4) is 0 Å². The molecular weight excluding hydrogens is 336 g/mol. The van der Waals surface area contributed by atoms with E-state index in [0.717, 1.165) is 6.08 Å². The lowest BCUT2D eigenvalue weighted by Crippen LogP contribution is -2.35. The Morgan fingerprint density at radius 1 is 1.42 bits per heavy atom. The molecule has 8 nitrogen and oxygen atoms in total. The smallest absolute Gasteiger partial charge is 0.331 e. The predicted octanol–water partition coefficient (Wildman–Crippen LogP) is 0.659. The minimum Gasteiger partial charge on any atom is -0.452 e. The predicted molar refractivity (Wildman–Crippen MR) is 89.0 cm³/mol. The highest BCUT2D eigenvalue weighted by Crippen LogP contribution is 2.22. The van der Waals surface area contributed by atoms with E-state index in [9.17, 15) is 14.4 Å². The number of primary amides is 1. The molecule has 0 bridgehead atoms. The molecule has 0 atom stereocenters. The van der Waals surface area contributed by atoms with Crippen molar-refractivity contribution in [2.75, 3.05) is 13.2 Å². The van der Waals surface area contributed by atoms with Crippen LogP contribution in [-0.2, 0) is 25.7 Å². The van der Waals surface area contributed by atoms with Crippen molar-refractivity contribution in [1.82, 2.24) is 15.1 Å². The van der Waals surface area contributed by atoms with Gasteiger partial charge in [0.05, 0.1) is 12.2 Å². The van der Waals surface area contributed by atoms with E-state index in [4.69, 9.17) is 22.1 Å². The van der Waals surface area contributed by atoms with E-state index in [1.165, 1.54) is 6.08 Å². The number of esters is 1. The van der Waals surface area contributed by atoms with Crippen LogP contribution in [0.1, 0.15) is 25.1 Å². The monoisotopic (exact) mass is 356 g/mol. The van der Waals surface area contributed by atoms with Crippen LogP contribution in [0.25, 0.3) is 6.08 Å². The van der Waals surface area contributed by atoms with Gasteiger partial charge >= 0.3 is 5.97 Å². The van der Waals surface area contributed by atoms with Gasteiger partial charge in [0.25, 0.3) is 5.91 Å². The number of nitrogens with zero attached hydrogens (tertiary/aromatic N) is 2. The van der Waals surface area contributed by atoms with E-state index in [0.29, 0.717) is 28.9 Å². The lowest BCUT2D eigenvalue weighted by molar-refractivity contribution is -0.143. The number of rotatable bonds is 8. The maximum Gasteiger partial charge on any atom is 0.331 e. The normalized spacial score (nSPS) is 11.0. The number of nitrogens with two attached hydrogens (primary N) is 1. The van der Waals surface area contributed by atoms with Crippen LogP contribution in [0.3, 0.4) is 0 Å². The average molecular weight is 357 g/mol. The SMILES string of the molecule is Cc1nn(CC(C)C)c(Cl)c1/C=C/C(=O)OCC(=O)NCC(N)=O. The number of ether oxygens (including phenoxy) is 1. The molecule has 1 rings (SSSR count). The van der Waals surface area contributed by atoms with Gasteiger partial charge in [-0.2, -0.15) is 5.10 Å². The quantitative estimate of drug-likeness (QED) is 0.524. The Balaban J connectivity index is 2.59. The first-order valence-electron chi connectivity index (χ1n) is 7.33. The topological polar surface area (TPSA) is 116 Å². The van der Waals surface area contributed by atoms with Gasteiger partial charge in [-0.25, -0.2) is 4.79 Å². The number of aryl methyl sites for hydroxylation is 1. The highest BCUT2D eigenvalue weighted by Gasteiger charge is 2.12. The van der Waals surface area contributed by atoms with Gasteiger partial charge in [-0.1, -0.05) is 25.4 Å². The Kier molecular flexibility index (Phi) is 7.44. The Morgan fingerprint density at radius 3 is 2.67 bits per heavy atom. The summed E-state index contributed by atoms with van der Waals surface area (Å²) in [5.74, 6) is -1.63. The molecule has 9 heteroatoms. The number of amides is 2. The molecule has 0 saturated heterocycles. The lowest BCUT2D eigenvalue weighted by atomic mass is 10.2. The fourth-order valence-electron chi connectivity index (χ4n) is 1.80. The molecule has 0 fully saturated rings. The molecule has 0 aliphatic rings. The number of hydrogen-bond acceptors (Lipinski definition) is 5. The summed E-state index contributed by atoms with van der Waals surface area (Å²) in [6.45, 7) is 5.72. The Bertz CT molecular complexity index is 652. The van der Waals surface area contributed by atoms with Gasteiger partial charge < -0.3 is 15.8 Å². The molecule has 0 aromatic carbocycles. The van der Waals surface area contributed by atoms with Crippen LogP contribution in [0.5, 0.6) is 0 Å². The Hall–Kier alpha value is -2.35. The van der Waals surface area contributed by atoms with Gasteiger partial charge in [-0.3, -0.25) is 14.3 Å². The molecule has 0 radical (unpaired) electrons. The molecule has 0 aliphatic carbocycles. The number of aromatic nitrogens is 2. The van der Waals surface area contributed by atoms with E-state index in [1.807, 2.05) is 13.8 Å². The molecule has 0 spiro atoms. The van der Waals surface area contributed by atoms with Crippen LogP contribution in [0, 0.1) is 12.8 Å². The molecular formula is C15H21ClN4O4. The molecule has 2 amide bonds. The average Bonchev–Trinajstić information content (AvgIpc) is 2.74. The van der Waals surface area contributed by atoms with E-state index in [-0.39, 0.29) is 6.54 Å². The maximum absolute atomic E-state index is 11.6. The van der Waals surface area contributed by atoms with E-state index in [2.05, 4.69) is 10.4 Å². The number of hydrogen-bond donors (Lipinski definition) is 2. The lowest BCUT2D eigenvalue weighted by Gasteiger charge is -2.05. The summed E-state index contributed by atoms with van der Waals surface area (Å²) in [4.78, 5) is 33.4. The maximum atomic E-state index is 11.6. The summed E-state index contributed by atoms with van der Waals surface area (Å²) in [5.41, 5.74) is 6.18. The first kappa shape index (κ1) is 19.7. The molecule has 1 aromatic rings. The highest BCUT2D eigenvalue weighted by atomic mass is 35.5. The van der Waals surface area contributed by atoms with Crippen molar-refractivity contribution in [2.24, 2.45) is 11.7 Å². The summed E-state index contributed by atoms with van der Waals surface area (Å²) in [5, 5.41) is 6.95. The number of halogens is 1. The van der Waals surface area contributed by atoms with Crippen molar-refractivity contribution in [3.05, 3.63) is 22.5 Å². The van der Waals surface area contributed by atoms with Crippen LogP contribution in [0.4, 0.5) is 0 Å².